The van der Waals surface area contributed by atoms with Crippen LogP contribution in [0.3, 0.4) is 0 Å². The highest BCUT2D eigenvalue weighted by Gasteiger charge is 2.17. The number of amides is 1. The van der Waals surface area contributed by atoms with Gasteiger partial charge >= 0.3 is 5.97 Å². The SMILES string of the molecule is Cc1nnc2c(NCCCCCC(=O)OC(C)(C)C)nc3ccc(C(=O)NC(C)C)cc3n12. The maximum atomic E-state index is 12.4. The van der Waals surface area contributed by atoms with Crippen molar-refractivity contribution >= 4 is 34.4 Å². The molecule has 3 rings (SSSR count). The number of benzene rings is 1. The van der Waals surface area contributed by atoms with Gasteiger partial charge in [0, 0.05) is 24.6 Å². The predicted molar refractivity (Wildman–Crippen MR) is 128 cm³/mol. The topological polar surface area (TPSA) is 111 Å². The number of aromatic nitrogens is 4. The Bertz CT molecular complexity index is 1150. The molecule has 33 heavy (non-hydrogen) atoms. The minimum Gasteiger partial charge on any atom is -0.460 e. The van der Waals surface area contributed by atoms with Crippen molar-refractivity contribution in [3.8, 4) is 0 Å². The zero-order valence-electron chi connectivity index (χ0n) is 20.4. The molecule has 2 heterocycles. The van der Waals surface area contributed by atoms with E-state index in [9.17, 15) is 9.59 Å². The first-order chi connectivity index (χ1) is 15.5. The van der Waals surface area contributed by atoms with Gasteiger partial charge in [0.2, 0.25) is 5.65 Å². The summed E-state index contributed by atoms with van der Waals surface area (Å²) in [6.07, 6.45) is 2.99. The third-order valence-corrected chi connectivity index (χ3v) is 4.94. The van der Waals surface area contributed by atoms with Gasteiger partial charge in [0.1, 0.15) is 11.4 Å². The van der Waals surface area contributed by atoms with E-state index in [0.29, 0.717) is 30.0 Å². The van der Waals surface area contributed by atoms with Crippen LogP contribution in [0.2, 0.25) is 0 Å². The second-order valence-corrected chi connectivity index (χ2v) is 9.52. The monoisotopic (exact) mass is 454 g/mol. The molecule has 0 bridgehead atoms. The Morgan fingerprint density at radius 2 is 1.88 bits per heavy atom. The Kier molecular flexibility index (Phi) is 7.50. The zero-order valence-corrected chi connectivity index (χ0v) is 20.4. The predicted octanol–water partition coefficient (Wildman–Crippen LogP) is 4.04. The molecule has 0 fully saturated rings. The molecule has 9 nitrogen and oxygen atoms in total. The van der Waals surface area contributed by atoms with Crippen molar-refractivity contribution in [2.75, 3.05) is 11.9 Å². The first-order valence-corrected chi connectivity index (χ1v) is 11.5. The molecule has 0 radical (unpaired) electrons. The fourth-order valence-electron chi connectivity index (χ4n) is 3.55. The summed E-state index contributed by atoms with van der Waals surface area (Å²) in [5.41, 5.74) is 2.28. The summed E-state index contributed by atoms with van der Waals surface area (Å²) in [5.74, 6) is 1.09. The second-order valence-electron chi connectivity index (χ2n) is 9.52. The van der Waals surface area contributed by atoms with Gasteiger partial charge in [-0.1, -0.05) is 6.42 Å². The molecule has 178 valence electrons. The molecule has 0 saturated carbocycles. The Morgan fingerprint density at radius 3 is 2.58 bits per heavy atom. The van der Waals surface area contributed by atoms with Gasteiger partial charge in [-0.2, -0.15) is 0 Å². The molecular formula is C24H34N6O3. The van der Waals surface area contributed by atoms with Crippen LogP contribution in [0.5, 0.6) is 0 Å². The molecule has 0 atom stereocenters. The minimum atomic E-state index is -0.443. The molecule has 0 spiro atoms. The van der Waals surface area contributed by atoms with Crippen LogP contribution in [0, 0.1) is 6.92 Å². The molecule has 0 aliphatic heterocycles. The Balaban J connectivity index is 1.67. The van der Waals surface area contributed by atoms with Crippen molar-refractivity contribution in [2.24, 2.45) is 0 Å². The number of carbonyl (C=O) groups is 2. The maximum absolute atomic E-state index is 12.4. The van der Waals surface area contributed by atoms with E-state index in [4.69, 9.17) is 9.72 Å². The van der Waals surface area contributed by atoms with Gasteiger partial charge in [-0.25, -0.2) is 4.98 Å². The van der Waals surface area contributed by atoms with E-state index in [2.05, 4.69) is 20.8 Å². The van der Waals surface area contributed by atoms with Crippen molar-refractivity contribution in [3.63, 3.8) is 0 Å². The molecule has 0 unspecified atom stereocenters. The smallest absolute Gasteiger partial charge is 0.306 e. The highest BCUT2D eigenvalue weighted by molar-refractivity contribution is 5.98. The van der Waals surface area contributed by atoms with Crippen LogP contribution in [0.15, 0.2) is 18.2 Å². The molecule has 9 heteroatoms. The number of nitrogens with one attached hydrogen (secondary N) is 2. The molecule has 0 saturated heterocycles. The lowest BCUT2D eigenvalue weighted by Crippen LogP contribution is -2.30. The zero-order chi connectivity index (χ0) is 24.2. The fourth-order valence-corrected chi connectivity index (χ4v) is 3.55. The summed E-state index contributed by atoms with van der Waals surface area (Å²) in [7, 11) is 0. The number of ether oxygens (including phenoxy) is 1. The summed E-state index contributed by atoms with van der Waals surface area (Å²) in [4.78, 5) is 29.0. The van der Waals surface area contributed by atoms with E-state index < -0.39 is 5.60 Å². The number of unbranched alkanes of at least 4 members (excludes halogenated alkanes) is 2. The highest BCUT2D eigenvalue weighted by Crippen LogP contribution is 2.23. The summed E-state index contributed by atoms with van der Waals surface area (Å²) in [5, 5.41) is 14.8. The first-order valence-electron chi connectivity index (χ1n) is 11.5. The van der Waals surface area contributed by atoms with Gasteiger partial charge in [-0.15, -0.1) is 10.2 Å². The van der Waals surface area contributed by atoms with Crippen LogP contribution >= 0.6 is 0 Å². The van der Waals surface area contributed by atoms with Crippen molar-refractivity contribution in [2.45, 2.75) is 78.9 Å². The highest BCUT2D eigenvalue weighted by atomic mass is 16.6. The van der Waals surface area contributed by atoms with Crippen LogP contribution in [-0.4, -0.2) is 49.6 Å². The Labute approximate surface area is 194 Å². The van der Waals surface area contributed by atoms with Gasteiger partial charge in [0.05, 0.1) is 11.0 Å². The summed E-state index contributed by atoms with van der Waals surface area (Å²) in [6.45, 7) is 12.1. The van der Waals surface area contributed by atoms with Crippen molar-refractivity contribution < 1.29 is 14.3 Å². The lowest BCUT2D eigenvalue weighted by atomic mass is 10.1. The number of anilines is 1. The third-order valence-electron chi connectivity index (χ3n) is 4.94. The van der Waals surface area contributed by atoms with Crippen LogP contribution in [0.1, 0.15) is 76.5 Å². The van der Waals surface area contributed by atoms with E-state index >= 15 is 0 Å². The lowest BCUT2D eigenvalue weighted by Gasteiger charge is -2.19. The molecule has 1 amide bonds. The maximum Gasteiger partial charge on any atom is 0.306 e. The van der Waals surface area contributed by atoms with Crippen LogP contribution < -0.4 is 10.6 Å². The van der Waals surface area contributed by atoms with Gasteiger partial charge < -0.3 is 15.4 Å². The second kappa shape index (κ2) is 10.1. The van der Waals surface area contributed by atoms with Crippen molar-refractivity contribution in [3.05, 3.63) is 29.6 Å². The van der Waals surface area contributed by atoms with Crippen LogP contribution in [0.4, 0.5) is 5.82 Å². The molecule has 2 N–H and O–H groups in total. The standard InChI is InChI=1S/C24H34N6O3/c1-15(2)26-23(32)17-11-12-18-19(14-17)30-16(3)28-29-22(30)21(27-18)25-13-9-7-8-10-20(31)33-24(4,5)6/h11-12,14-15H,7-10,13H2,1-6H3,(H,25,27)(H,26,32). The number of rotatable bonds is 9. The normalized spacial score (nSPS) is 11.8. The van der Waals surface area contributed by atoms with Crippen LogP contribution in [0.25, 0.3) is 16.7 Å². The fraction of sp³-hybridized carbons (Fsp3) is 0.542. The minimum absolute atomic E-state index is 0.0544. The number of hydrogen-bond acceptors (Lipinski definition) is 7. The van der Waals surface area contributed by atoms with E-state index in [1.807, 2.05) is 58.1 Å². The van der Waals surface area contributed by atoms with Crippen molar-refractivity contribution in [1.29, 1.82) is 0 Å². The third kappa shape index (κ3) is 6.40. The number of aryl methyl sites for hydroxylation is 1. The molecule has 0 aliphatic rings. The molecule has 0 aliphatic carbocycles. The summed E-state index contributed by atoms with van der Waals surface area (Å²) < 4.78 is 7.26. The van der Waals surface area contributed by atoms with Gasteiger partial charge in [-0.3, -0.25) is 14.0 Å². The molecule has 2 aromatic heterocycles. The Hall–Kier alpha value is -3.23. The molecule has 3 aromatic rings. The van der Waals surface area contributed by atoms with Gasteiger partial charge in [0.15, 0.2) is 5.82 Å². The number of fused-ring (bicyclic) bond motifs is 3. The summed E-state index contributed by atoms with van der Waals surface area (Å²) >= 11 is 0. The summed E-state index contributed by atoms with van der Waals surface area (Å²) in [6, 6.07) is 5.50. The first kappa shape index (κ1) is 24.4. The van der Waals surface area contributed by atoms with E-state index in [0.717, 1.165) is 36.1 Å². The number of esters is 1. The van der Waals surface area contributed by atoms with Crippen molar-refractivity contribution in [1.82, 2.24) is 24.9 Å². The van der Waals surface area contributed by atoms with E-state index in [1.165, 1.54) is 0 Å². The number of carbonyl (C=O) groups excluding carboxylic acids is 2. The average molecular weight is 455 g/mol. The largest absolute Gasteiger partial charge is 0.460 e. The van der Waals surface area contributed by atoms with E-state index in [1.54, 1.807) is 6.07 Å². The molecule has 1 aromatic carbocycles. The molecular weight excluding hydrogens is 420 g/mol. The van der Waals surface area contributed by atoms with Crippen LogP contribution in [-0.2, 0) is 9.53 Å². The Morgan fingerprint density at radius 1 is 1.12 bits per heavy atom. The average Bonchev–Trinajstić information content (AvgIpc) is 3.10. The van der Waals surface area contributed by atoms with Gasteiger partial charge in [0.25, 0.3) is 5.91 Å². The lowest BCUT2D eigenvalue weighted by molar-refractivity contribution is -0.154. The quantitative estimate of drug-likeness (QED) is 0.371. The number of hydrogen-bond donors (Lipinski definition) is 2. The number of nitrogens with zero attached hydrogens (tertiary/aromatic N) is 4. The van der Waals surface area contributed by atoms with Gasteiger partial charge in [-0.05, 0) is 72.6 Å². The van der Waals surface area contributed by atoms with E-state index in [-0.39, 0.29) is 17.9 Å².